The highest BCUT2D eigenvalue weighted by atomic mass is 16.5. The molecule has 6 nitrogen and oxygen atoms in total. The Labute approximate surface area is 176 Å². The molecule has 158 valence electrons. The van der Waals surface area contributed by atoms with Crippen molar-refractivity contribution in [3.63, 3.8) is 0 Å². The van der Waals surface area contributed by atoms with Crippen molar-refractivity contribution in [1.82, 2.24) is 14.9 Å². The van der Waals surface area contributed by atoms with Crippen molar-refractivity contribution in [1.29, 1.82) is 0 Å². The Morgan fingerprint density at radius 1 is 1.07 bits per heavy atom. The van der Waals surface area contributed by atoms with Crippen molar-refractivity contribution in [2.45, 2.75) is 32.3 Å². The first-order valence-electron chi connectivity index (χ1n) is 10.7. The normalized spacial score (nSPS) is 14.8. The number of aromatic nitrogens is 2. The van der Waals surface area contributed by atoms with Crippen LogP contribution in [0, 0.1) is 0 Å². The molecule has 30 heavy (non-hydrogen) atoms. The van der Waals surface area contributed by atoms with Crippen LogP contribution in [0.2, 0.25) is 0 Å². The van der Waals surface area contributed by atoms with Gasteiger partial charge >= 0.3 is 0 Å². The van der Waals surface area contributed by atoms with Crippen LogP contribution in [0.3, 0.4) is 0 Å². The Kier molecular flexibility index (Phi) is 6.77. The number of methoxy groups -OCH3 is 1. The molecule has 2 aromatic carbocycles. The van der Waals surface area contributed by atoms with Gasteiger partial charge in [0.15, 0.2) is 0 Å². The monoisotopic (exact) mass is 407 g/mol. The third-order valence-corrected chi connectivity index (χ3v) is 5.54. The average molecular weight is 408 g/mol. The Morgan fingerprint density at radius 3 is 2.63 bits per heavy atom. The number of piperidine rings is 1. The molecule has 0 radical (unpaired) electrons. The van der Waals surface area contributed by atoms with E-state index in [-0.39, 0.29) is 5.56 Å². The van der Waals surface area contributed by atoms with E-state index >= 15 is 0 Å². The molecule has 0 unspecified atom stereocenters. The third kappa shape index (κ3) is 5.07. The molecule has 0 atom stereocenters. The third-order valence-electron chi connectivity index (χ3n) is 5.54. The first-order valence-corrected chi connectivity index (χ1v) is 10.7. The molecule has 1 aromatic heterocycles. The Bertz CT molecular complexity index is 1020. The molecule has 2 heterocycles. The summed E-state index contributed by atoms with van der Waals surface area (Å²) in [6.07, 6.45) is 5.04. The van der Waals surface area contributed by atoms with Gasteiger partial charge in [0.05, 0.1) is 24.1 Å². The van der Waals surface area contributed by atoms with Crippen LogP contribution in [-0.2, 0) is 11.3 Å². The highest BCUT2D eigenvalue weighted by Gasteiger charge is 2.10. The second kappa shape index (κ2) is 9.87. The van der Waals surface area contributed by atoms with E-state index in [9.17, 15) is 4.79 Å². The predicted molar refractivity (Wildman–Crippen MR) is 119 cm³/mol. The van der Waals surface area contributed by atoms with Gasteiger partial charge in [-0.1, -0.05) is 12.5 Å². The van der Waals surface area contributed by atoms with E-state index in [0.717, 1.165) is 29.8 Å². The molecule has 4 rings (SSSR count). The average Bonchev–Trinajstić information content (AvgIpc) is 2.78. The predicted octanol–water partition coefficient (Wildman–Crippen LogP) is 3.99. The summed E-state index contributed by atoms with van der Waals surface area (Å²) in [5.74, 6) is 1.40. The lowest BCUT2D eigenvalue weighted by Gasteiger charge is -2.26. The van der Waals surface area contributed by atoms with E-state index in [4.69, 9.17) is 9.47 Å². The van der Waals surface area contributed by atoms with E-state index in [1.54, 1.807) is 7.11 Å². The summed E-state index contributed by atoms with van der Waals surface area (Å²) in [4.78, 5) is 22.6. The smallest absolute Gasteiger partial charge is 0.259 e. The van der Waals surface area contributed by atoms with Gasteiger partial charge in [-0.25, -0.2) is 4.98 Å². The van der Waals surface area contributed by atoms with Crippen LogP contribution in [0.15, 0.2) is 47.3 Å². The topological polar surface area (TPSA) is 67.5 Å². The van der Waals surface area contributed by atoms with Crippen LogP contribution in [0.5, 0.6) is 5.75 Å². The van der Waals surface area contributed by atoms with Crippen molar-refractivity contribution in [2.75, 3.05) is 33.4 Å². The molecule has 1 aliphatic rings. The molecule has 1 fully saturated rings. The lowest BCUT2D eigenvalue weighted by Crippen LogP contribution is -2.31. The summed E-state index contributed by atoms with van der Waals surface area (Å²) in [6, 6.07) is 13.4. The van der Waals surface area contributed by atoms with E-state index in [0.29, 0.717) is 29.9 Å². The molecular weight excluding hydrogens is 378 g/mol. The van der Waals surface area contributed by atoms with Gasteiger partial charge in [0, 0.05) is 19.2 Å². The summed E-state index contributed by atoms with van der Waals surface area (Å²) in [7, 11) is 1.64. The summed E-state index contributed by atoms with van der Waals surface area (Å²) in [5.41, 5.74) is 2.33. The zero-order chi connectivity index (χ0) is 20.8. The molecule has 0 aliphatic carbocycles. The van der Waals surface area contributed by atoms with Crippen molar-refractivity contribution < 1.29 is 9.47 Å². The summed E-state index contributed by atoms with van der Waals surface area (Å²) in [6.45, 7) is 4.73. The maximum absolute atomic E-state index is 12.5. The Morgan fingerprint density at radius 2 is 1.87 bits per heavy atom. The number of rotatable bonds is 8. The number of hydrogen-bond donors (Lipinski definition) is 1. The summed E-state index contributed by atoms with van der Waals surface area (Å²) >= 11 is 0. The Hall–Kier alpha value is -2.70. The minimum absolute atomic E-state index is 0.147. The molecule has 0 bridgehead atoms. The number of aromatic amines is 1. The summed E-state index contributed by atoms with van der Waals surface area (Å²) in [5, 5.41) is 0.571. The lowest BCUT2D eigenvalue weighted by molar-refractivity contribution is 0.185. The number of H-pyrrole nitrogens is 1. The largest absolute Gasteiger partial charge is 0.494 e. The number of nitrogens with zero attached hydrogens (tertiary/aromatic N) is 2. The van der Waals surface area contributed by atoms with Crippen LogP contribution in [0.1, 0.15) is 31.2 Å². The minimum Gasteiger partial charge on any atom is -0.494 e. The fourth-order valence-corrected chi connectivity index (χ4v) is 3.95. The van der Waals surface area contributed by atoms with Gasteiger partial charge in [-0.2, -0.15) is 0 Å². The minimum atomic E-state index is -0.147. The molecule has 1 N–H and O–H groups in total. The maximum Gasteiger partial charge on any atom is 0.259 e. The van der Waals surface area contributed by atoms with Crippen LogP contribution >= 0.6 is 0 Å². The number of likely N-dealkylation sites (tertiary alicyclic amines) is 1. The number of fused-ring (bicyclic) bond motifs is 1. The van der Waals surface area contributed by atoms with Crippen molar-refractivity contribution in [2.24, 2.45) is 0 Å². The van der Waals surface area contributed by atoms with Crippen LogP contribution < -0.4 is 10.3 Å². The first-order chi connectivity index (χ1) is 14.7. The van der Waals surface area contributed by atoms with E-state index in [1.165, 1.54) is 32.4 Å². The van der Waals surface area contributed by atoms with Crippen LogP contribution in [0.4, 0.5) is 0 Å². The van der Waals surface area contributed by atoms with Gasteiger partial charge in [0.2, 0.25) is 0 Å². The fraction of sp³-hybridized carbons (Fsp3) is 0.417. The SMILES string of the molecule is COCc1ccc2nc(-c3ccc(OCCCN4CCCCC4)cc3)[nH]c(=O)c2c1. The zero-order valence-electron chi connectivity index (χ0n) is 17.5. The molecular formula is C24H29N3O3. The van der Waals surface area contributed by atoms with Crippen LogP contribution in [0.25, 0.3) is 22.3 Å². The quantitative estimate of drug-likeness (QED) is 0.572. The van der Waals surface area contributed by atoms with E-state index < -0.39 is 0 Å². The van der Waals surface area contributed by atoms with Gasteiger partial charge in [-0.15, -0.1) is 0 Å². The molecule has 6 heteroatoms. The molecule has 3 aromatic rings. The summed E-state index contributed by atoms with van der Waals surface area (Å²) < 4.78 is 11.0. The highest BCUT2D eigenvalue weighted by Crippen LogP contribution is 2.21. The van der Waals surface area contributed by atoms with Gasteiger partial charge in [-0.05, 0) is 74.3 Å². The fourth-order valence-electron chi connectivity index (χ4n) is 3.95. The number of ether oxygens (including phenoxy) is 2. The highest BCUT2D eigenvalue weighted by molar-refractivity contribution is 5.80. The standard InChI is InChI=1S/C24H29N3O3/c1-29-17-18-6-11-22-21(16-18)24(28)26-23(25-22)19-7-9-20(10-8-19)30-15-5-14-27-12-3-2-4-13-27/h6-11,16H,2-5,12-15,17H2,1H3,(H,25,26,28). The molecule has 0 saturated carbocycles. The van der Waals surface area contributed by atoms with Gasteiger partial charge in [0.1, 0.15) is 11.6 Å². The number of nitrogens with one attached hydrogen (secondary N) is 1. The molecule has 0 amide bonds. The number of benzene rings is 2. The van der Waals surface area contributed by atoms with E-state index in [1.807, 2.05) is 42.5 Å². The second-order valence-corrected chi connectivity index (χ2v) is 7.83. The molecule has 0 spiro atoms. The zero-order valence-corrected chi connectivity index (χ0v) is 17.5. The first kappa shape index (κ1) is 20.6. The maximum atomic E-state index is 12.5. The van der Waals surface area contributed by atoms with Gasteiger partial charge in [0.25, 0.3) is 5.56 Å². The van der Waals surface area contributed by atoms with E-state index in [2.05, 4.69) is 14.9 Å². The van der Waals surface area contributed by atoms with Crippen molar-refractivity contribution in [3.8, 4) is 17.1 Å². The van der Waals surface area contributed by atoms with Gasteiger partial charge in [-0.3, -0.25) is 4.79 Å². The molecule has 1 saturated heterocycles. The second-order valence-electron chi connectivity index (χ2n) is 7.83. The van der Waals surface area contributed by atoms with Crippen molar-refractivity contribution in [3.05, 3.63) is 58.4 Å². The lowest BCUT2D eigenvalue weighted by atomic mass is 10.1. The van der Waals surface area contributed by atoms with Gasteiger partial charge < -0.3 is 19.4 Å². The molecule has 1 aliphatic heterocycles. The Balaban J connectivity index is 1.39. The van der Waals surface area contributed by atoms with Crippen molar-refractivity contribution >= 4 is 10.9 Å². The van der Waals surface area contributed by atoms with Crippen LogP contribution in [-0.4, -0.2) is 48.2 Å². The number of hydrogen-bond acceptors (Lipinski definition) is 5.